The first-order chi connectivity index (χ1) is 4.11. The van der Waals surface area contributed by atoms with E-state index in [9.17, 15) is 4.79 Å². The highest BCUT2D eigenvalue weighted by molar-refractivity contribution is 5.83. The molecule has 1 aliphatic rings. The molecule has 2 atom stereocenters. The molecule has 0 aliphatic heterocycles. The predicted molar refractivity (Wildman–Crippen MR) is 32.9 cm³/mol. The minimum Gasteiger partial charge on any atom is -0.480 e. The van der Waals surface area contributed by atoms with Crippen LogP contribution in [-0.2, 0) is 4.79 Å². The molecule has 3 N–H and O–H groups in total. The van der Waals surface area contributed by atoms with Gasteiger partial charge in [-0.15, -0.1) is 6.58 Å². The van der Waals surface area contributed by atoms with E-state index in [-0.39, 0.29) is 5.92 Å². The molecule has 1 rings (SSSR count). The van der Waals surface area contributed by atoms with E-state index in [4.69, 9.17) is 10.8 Å². The van der Waals surface area contributed by atoms with Gasteiger partial charge in [0, 0.05) is 5.92 Å². The molecule has 0 unspecified atom stereocenters. The van der Waals surface area contributed by atoms with Crippen LogP contribution in [-0.4, -0.2) is 16.6 Å². The maximum Gasteiger partial charge on any atom is 0.324 e. The van der Waals surface area contributed by atoms with Crippen molar-refractivity contribution in [1.82, 2.24) is 0 Å². The van der Waals surface area contributed by atoms with Crippen LogP contribution in [0, 0.1) is 5.92 Å². The second-order valence-corrected chi connectivity index (χ2v) is 2.39. The fraction of sp³-hybridized carbons (Fsp3) is 0.500. The number of nitrogens with two attached hydrogens (primary N) is 1. The summed E-state index contributed by atoms with van der Waals surface area (Å²) in [4.78, 5) is 10.3. The van der Waals surface area contributed by atoms with E-state index in [1.54, 1.807) is 6.08 Å². The van der Waals surface area contributed by atoms with Crippen molar-refractivity contribution in [3.05, 3.63) is 12.7 Å². The summed E-state index contributed by atoms with van der Waals surface area (Å²) in [5, 5.41) is 8.44. The molecule has 1 fully saturated rings. The van der Waals surface area contributed by atoms with Gasteiger partial charge in [0.25, 0.3) is 0 Å². The summed E-state index contributed by atoms with van der Waals surface area (Å²) in [6.45, 7) is 3.46. The molecular weight excluding hydrogens is 118 g/mol. The minimum atomic E-state index is -0.984. The number of aliphatic carboxylic acids is 1. The molecule has 3 nitrogen and oxygen atoms in total. The first kappa shape index (κ1) is 6.29. The average molecular weight is 127 g/mol. The smallest absolute Gasteiger partial charge is 0.324 e. The molecule has 1 aliphatic carbocycles. The van der Waals surface area contributed by atoms with Crippen molar-refractivity contribution < 1.29 is 9.90 Å². The van der Waals surface area contributed by atoms with Crippen LogP contribution >= 0.6 is 0 Å². The quantitative estimate of drug-likeness (QED) is 0.512. The Morgan fingerprint density at radius 1 is 2.00 bits per heavy atom. The lowest BCUT2D eigenvalue weighted by molar-refractivity contribution is -0.139. The third kappa shape index (κ3) is 0.733. The number of rotatable bonds is 2. The van der Waals surface area contributed by atoms with Crippen molar-refractivity contribution >= 4 is 5.97 Å². The molecule has 0 aromatic heterocycles. The second kappa shape index (κ2) is 1.57. The summed E-state index contributed by atoms with van der Waals surface area (Å²) < 4.78 is 0. The van der Waals surface area contributed by atoms with Gasteiger partial charge in [0.05, 0.1) is 0 Å². The number of carboxylic acid groups (broad SMARTS) is 1. The van der Waals surface area contributed by atoms with E-state index in [0.29, 0.717) is 6.42 Å². The van der Waals surface area contributed by atoms with Gasteiger partial charge in [-0.1, -0.05) is 6.08 Å². The zero-order valence-corrected chi connectivity index (χ0v) is 5.00. The van der Waals surface area contributed by atoms with Gasteiger partial charge in [-0.05, 0) is 6.42 Å². The van der Waals surface area contributed by atoms with Gasteiger partial charge in [0.15, 0.2) is 0 Å². The van der Waals surface area contributed by atoms with Gasteiger partial charge in [0.2, 0.25) is 0 Å². The molecule has 0 aromatic carbocycles. The Kier molecular flexibility index (Phi) is 1.10. The Balaban J connectivity index is 2.62. The topological polar surface area (TPSA) is 63.3 Å². The standard InChI is InChI=1S/C6H9NO2/c1-2-4-3-6(4,7)5(8)9/h2,4H,1,3,7H2,(H,8,9)/t4-,6-/m0/s1. The Bertz CT molecular complexity index is 166. The van der Waals surface area contributed by atoms with Crippen LogP contribution in [0.4, 0.5) is 0 Å². The summed E-state index contributed by atoms with van der Waals surface area (Å²) in [5.41, 5.74) is 4.39. The second-order valence-electron chi connectivity index (χ2n) is 2.39. The third-order valence-electron chi connectivity index (χ3n) is 1.74. The fourth-order valence-electron chi connectivity index (χ4n) is 0.845. The lowest BCUT2D eigenvalue weighted by atomic mass is 10.2. The molecule has 3 heteroatoms. The highest BCUT2D eigenvalue weighted by atomic mass is 16.4. The number of carbonyl (C=O) groups is 1. The summed E-state index contributed by atoms with van der Waals surface area (Å²) in [6, 6.07) is 0. The van der Waals surface area contributed by atoms with Crippen LogP contribution < -0.4 is 5.73 Å². The number of hydrogen-bond acceptors (Lipinski definition) is 2. The molecule has 0 heterocycles. The summed E-state index contributed by atoms with van der Waals surface area (Å²) >= 11 is 0. The first-order valence-electron chi connectivity index (χ1n) is 2.76. The zero-order valence-electron chi connectivity index (χ0n) is 5.00. The Labute approximate surface area is 53.2 Å². The minimum absolute atomic E-state index is 0.0185. The van der Waals surface area contributed by atoms with Crippen LogP contribution in [0.15, 0.2) is 12.7 Å². The Morgan fingerprint density at radius 2 is 2.56 bits per heavy atom. The molecule has 0 aromatic rings. The van der Waals surface area contributed by atoms with E-state index in [1.165, 1.54) is 0 Å². The number of carboxylic acids is 1. The summed E-state index contributed by atoms with van der Waals surface area (Å²) in [7, 11) is 0. The molecule has 0 radical (unpaired) electrons. The van der Waals surface area contributed by atoms with E-state index >= 15 is 0 Å². The molecule has 50 valence electrons. The van der Waals surface area contributed by atoms with E-state index < -0.39 is 11.5 Å². The maximum absolute atomic E-state index is 10.3. The van der Waals surface area contributed by atoms with Crippen LogP contribution in [0.25, 0.3) is 0 Å². The molecule has 0 amide bonds. The van der Waals surface area contributed by atoms with Crippen molar-refractivity contribution in [2.24, 2.45) is 11.7 Å². The van der Waals surface area contributed by atoms with Crippen molar-refractivity contribution in [2.45, 2.75) is 12.0 Å². The SMILES string of the molecule is C=C[C@H]1C[C@@]1(N)C(=O)O. The maximum atomic E-state index is 10.3. The lowest BCUT2D eigenvalue weighted by Crippen LogP contribution is -2.34. The molecule has 0 saturated heterocycles. The van der Waals surface area contributed by atoms with Crippen molar-refractivity contribution in [3.63, 3.8) is 0 Å². The highest BCUT2D eigenvalue weighted by Gasteiger charge is 2.55. The molecule has 0 bridgehead atoms. The van der Waals surface area contributed by atoms with Gasteiger partial charge in [-0.25, -0.2) is 0 Å². The van der Waals surface area contributed by atoms with Gasteiger partial charge in [-0.2, -0.15) is 0 Å². The van der Waals surface area contributed by atoms with E-state index in [2.05, 4.69) is 6.58 Å². The highest BCUT2D eigenvalue weighted by Crippen LogP contribution is 2.41. The molecule has 1 saturated carbocycles. The van der Waals surface area contributed by atoms with Crippen LogP contribution in [0.3, 0.4) is 0 Å². The van der Waals surface area contributed by atoms with E-state index in [1.807, 2.05) is 0 Å². The van der Waals surface area contributed by atoms with Crippen molar-refractivity contribution in [1.29, 1.82) is 0 Å². The Hall–Kier alpha value is -0.830. The summed E-state index contributed by atoms with van der Waals surface area (Å²) in [6.07, 6.45) is 2.12. The first-order valence-corrected chi connectivity index (χ1v) is 2.76. The van der Waals surface area contributed by atoms with Crippen molar-refractivity contribution in [2.75, 3.05) is 0 Å². The van der Waals surface area contributed by atoms with Gasteiger partial charge < -0.3 is 10.8 Å². The fourth-order valence-corrected chi connectivity index (χ4v) is 0.845. The lowest BCUT2D eigenvalue weighted by Gasteiger charge is -1.99. The van der Waals surface area contributed by atoms with Crippen LogP contribution in [0.5, 0.6) is 0 Å². The predicted octanol–water partition coefficient (Wildman–Crippen LogP) is -0.0256. The zero-order chi connectivity index (χ0) is 7.07. The van der Waals surface area contributed by atoms with E-state index in [0.717, 1.165) is 0 Å². The van der Waals surface area contributed by atoms with Crippen molar-refractivity contribution in [3.8, 4) is 0 Å². The third-order valence-corrected chi connectivity index (χ3v) is 1.74. The van der Waals surface area contributed by atoms with Gasteiger partial charge in [-0.3, -0.25) is 4.79 Å². The van der Waals surface area contributed by atoms with Gasteiger partial charge in [0.1, 0.15) is 5.54 Å². The average Bonchev–Trinajstić information content (AvgIpc) is 2.44. The molecule has 0 spiro atoms. The largest absolute Gasteiger partial charge is 0.480 e. The van der Waals surface area contributed by atoms with Crippen LogP contribution in [0.2, 0.25) is 0 Å². The van der Waals surface area contributed by atoms with Crippen LogP contribution in [0.1, 0.15) is 6.42 Å². The monoisotopic (exact) mass is 127 g/mol. The summed E-state index contributed by atoms with van der Waals surface area (Å²) in [5.74, 6) is -0.942. The molecule has 9 heavy (non-hydrogen) atoms. The number of hydrogen-bond donors (Lipinski definition) is 2. The Morgan fingerprint density at radius 3 is 2.67 bits per heavy atom. The van der Waals surface area contributed by atoms with Gasteiger partial charge >= 0.3 is 5.97 Å². The molecular formula is C6H9NO2. The normalized spacial score (nSPS) is 39.9.